The molecule has 3 aromatic carbocycles. The standard InChI is InChI=1S/C28H24O7/c1-13-8-15-7-6-14-9-18-19(12-17(14)23(15)27(34-4)22(13)28(31)35-5)25(29)20-10-16(32-2)11-21(33-3)24(20)26(18)30/h8-12H,6-7H2,1-5H3. The summed E-state index contributed by atoms with van der Waals surface area (Å²) >= 11 is 0. The van der Waals surface area contributed by atoms with E-state index in [0.717, 1.165) is 27.8 Å². The summed E-state index contributed by atoms with van der Waals surface area (Å²) in [7, 11) is 5.79. The van der Waals surface area contributed by atoms with Gasteiger partial charge in [0.25, 0.3) is 0 Å². The van der Waals surface area contributed by atoms with Crippen molar-refractivity contribution < 1.29 is 33.3 Å². The molecule has 0 atom stereocenters. The minimum absolute atomic E-state index is 0.237. The third-order valence-corrected chi connectivity index (χ3v) is 6.82. The van der Waals surface area contributed by atoms with Gasteiger partial charge in [-0.1, -0.05) is 6.07 Å². The Hall–Kier alpha value is -4.13. The Morgan fingerprint density at radius 3 is 2.09 bits per heavy atom. The third kappa shape index (κ3) is 3.22. The van der Waals surface area contributed by atoms with Gasteiger partial charge in [-0.25, -0.2) is 4.79 Å². The second kappa shape index (κ2) is 8.27. The maximum absolute atomic E-state index is 13.6. The van der Waals surface area contributed by atoms with Crippen LogP contribution in [0.25, 0.3) is 11.1 Å². The van der Waals surface area contributed by atoms with Crippen LogP contribution in [0.5, 0.6) is 17.2 Å². The maximum atomic E-state index is 13.6. The van der Waals surface area contributed by atoms with Gasteiger partial charge < -0.3 is 18.9 Å². The molecule has 2 aliphatic carbocycles. The summed E-state index contributed by atoms with van der Waals surface area (Å²) in [6, 6.07) is 8.66. The van der Waals surface area contributed by atoms with Crippen LogP contribution in [-0.4, -0.2) is 46.0 Å². The molecular weight excluding hydrogens is 448 g/mol. The van der Waals surface area contributed by atoms with E-state index < -0.39 is 5.97 Å². The molecule has 3 aromatic rings. The van der Waals surface area contributed by atoms with Gasteiger partial charge in [-0.3, -0.25) is 9.59 Å². The first-order valence-corrected chi connectivity index (χ1v) is 11.2. The largest absolute Gasteiger partial charge is 0.497 e. The van der Waals surface area contributed by atoms with Gasteiger partial charge in [0.05, 0.1) is 34.0 Å². The smallest absolute Gasteiger partial charge is 0.341 e. The molecule has 0 aromatic heterocycles. The normalized spacial score (nSPS) is 13.3. The molecule has 0 saturated heterocycles. The summed E-state index contributed by atoms with van der Waals surface area (Å²) in [6.07, 6.45) is 1.39. The topological polar surface area (TPSA) is 88.1 Å². The number of benzene rings is 3. The first-order valence-electron chi connectivity index (χ1n) is 11.2. The Morgan fingerprint density at radius 1 is 0.714 bits per heavy atom. The fourth-order valence-corrected chi connectivity index (χ4v) is 5.20. The van der Waals surface area contributed by atoms with Crippen LogP contribution in [0.2, 0.25) is 0 Å². The van der Waals surface area contributed by atoms with Crippen molar-refractivity contribution in [1.82, 2.24) is 0 Å². The highest BCUT2D eigenvalue weighted by Crippen LogP contribution is 2.46. The van der Waals surface area contributed by atoms with Crippen LogP contribution in [0.3, 0.4) is 0 Å². The zero-order chi connectivity index (χ0) is 25.0. The predicted octanol–water partition coefficient (Wildman–Crippen LogP) is 4.35. The molecule has 178 valence electrons. The number of ketones is 2. The highest BCUT2D eigenvalue weighted by molar-refractivity contribution is 6.30. The number of carbonyl (C=O) groups excluding carboxylic acids is 3. The maximum Gasteiger partial charge on any atom is 0.341 e. The Labute approximate surface area is 202 Å². The summed E-state index contributed by atoms with van der Waals surface area (Å²) in [5.41, 5.74) is 5.66. The van der Waals surface area contributed by atoms with Crippen molar-refractivity contribution in [2.45, 2.75) is 19.8 Å². The van der Waals surface area contributed by atoms with Crippen LogP contribution < -0.4 is 14.2 Å². The zero-order valence-corrected chi connectivity index (χ0v) is 20.2. The fraction of sp³-hybridized carbons (Fsp3) is 0.250. The molecule has 35 heavy (non-hydrogen) atoms. The van der Waals surface area contributed by atoms with E-state index in [1.54, 1.807) is 24.3 Å². The van der Waals surface area contributed by atoms with Gasteiger partial charge in [0.15, 0.2) is 11.6 Å². The second-order valence-electron chi connectivity index (χ2n) is 8.59. The van der Waals surface area contributed by atoms with Crippen LogP contribution in [-0.2, 0) is 17.6 Å². The molecule has 0 radical (unpaired) electrons. The molecule has 0 heterocycles. The minimum Gasteiger partial charge on any atom is -0.497 e. The number of esters is 1. The lowest BCUT2D eigenvalue weighted by molar-refractivity contribution is 0.0596. The van der Waals surface area contributed by atoms with Crippen LogP contribution in [0.4, 0.5) is 0 Å². The Balaban J connectivity index is 1.77. The molecule has 0 bridgehead atoms. The lowest BCUT2D eigenvalue weighted by Gasteiger charge is -2.27. The Bertz CT molecular complexity index is 1450. The van der Waals surface area contributed by atoms with Crippen molar-refractivity contribution >= 4 is 17.5 Å². The highest BCUT2D eigenvalue weighted by atomic mass is 16.5. The average molecular weight is 472 g/mol. The van der Waals surface area contributed by atoms with Crippen molar-refractivity contribution in [2.24, 2.45) is 0 Å². The third-order valence-electron chi connectivity index (χ3n) is 6.82. The SMILES string of the molecule is COC(=O)c1c(C)cc2c(c1OC)-c1cc3c(cc1CC2)C(=O)c1c(OC)cc(OC)cc1C3=O. The molecule has 5 rings (SSSR count). The number of ether oxygens (including phenoxy) is 4. The number of aryl methyl sites for hydroxylation is 3. The van der Waals surface area contributed by atoms with Gasteiger partial charge in [0, 0.05) is 28.3 Å². The molecular formula is C28H24O7. The Morgan fingerprint density at radius 2 is 1.43 bits per heavy atom. The molecule has 0 aliphatic heterocycles. The van der Waals surface area contributed by atoms with Crippen LogP contribution in [0, 0.1) is 6.92 Å². The van der Waals surface area contributed by atoms with Crippen molar-refractivity contribution in [2.75, 3.05) is 28.4 Å². The van der Waals surface area contributed by atoms with E-state index in [9.17, 15) is 14.4 Å². The highest BCUT2D eigenvalue weighted by Gasteiger charge is 2.36. The fourth-order valence-electron chi connectivity index (χ4n) is 5.20. The van der Waals surface area contributed by atoms with Crippen molar-refractivity contribution in [1.29, 1.82) is 0 Å². The molecule has 7 heteroatoms. The first-order chi connectivity index (χ1) is 16.8. The summed E-state index contributed by atoms with van der Waals surface area (Å²) < 4.78 is 21.5. The Kier molecular flexibility index (Phi) is 5.35. The zero-order valence-electron chi connectivity index (χ0n) is 20.2. The molecule has 0 saturated carbocycles. The molecule has 0 unspecified atom stereocenters. The van der Waals surface area contributed by atoms with Crippen LogP contribution in [0.1, 0.15) is 58.9 Å². The van der Waals surface area contributed by atoms with Gasteiger partial charge in [-0.2, -0.15) is 0 Å². The summed E-state index contributed by atoms with van der Waals surface area (Å²) in [6.45, 7) is 1.84. The van der Waals surface area contributed by atoms with E-state index in [-0.39, 0.29) is 22.7 Å². The van der Waals surface area contributed by atoms with Gasteiger partial charge >= 0.3 is 5.97 Å². The van der Waals surface area contributed by atoms with Gasteiger partial charge in [-0.15, -0.1) is 0 Å². The first kappa shape index (κ1) is 22.7. The number of methoxy groups -OCH3 is 4. The lowest BCUT2D eigenvalue weighted by atomic mass is 9.76. The number of rotatable bonds is 4. The van der Waals surface area contributed by atoms with E-state index in [0.29, 0.717) is 46.8 Å². The van der Waals surface area contributed by atoms with Crippen LogP contribution in [0.15, 0.2) is 30.3 Å². The number of carbonyl (C=O) groups is 3. The molecule has 7 nitrogen and oxygen atoms in total. The number of hydrogen-bond donors (Lipinski definition) is 0. The van der Waals surface area contributed by atoms with E-state index in [4.69, 9.17) is 18.9 Å². The van der Waals surface area contributed by atoms with Crippen molar-refractivity contribution in [3.05, 3.63) is 74.8 Å². The van der Waals surface area contributed by atoms with E-state index in [1.807, 2.05) is 13.0 Å². The second-order valence-corrected chi connectivity index (χ2v) is 8.59. The molecule has 0 N–H and O–H groups in total. The monoisotopic (exact) mass is 472 g/mol. The number of fused-ring (bicyclic) bond motifs is 5. The summed E-state index contributed by atoms with van der Waals surface area (Å²) in [5.74, 6) is 0.0761. The number of hydrogen-bond acceptors (Lipinski definition) is 7. The van der Waals surface area contributed by atoms with Gasteiger partial charge in [0.2, 0.25) is 0 Å². The van der Waals surface area contributed by atoms with Crippen molar-refractivity contribution in [3.63, 3.8) is 0 Å². The van der Waals surface area contributed by atoms with Crippen LogP contribution >= 0.6 is 0 Å². The minimum atomic E-state index is -0.494. The lowest BCUT2D eigenvalue weighted by Crippen LogP contribution is -2.23. The summed E-state index contributed by atoms with van der Waals surface area (Å²) in [4.78, 5) is 39.8. The molecule has 2 aliphatic rings. The molecule has 0 amide bonds. The summed E-state index contributed by atoms with van der Waals surface area (Å²) in [5, 5.41) is 0. The van der Waals surface area contributed by atoms with Gasteiger partial charge in [0.1, 0.15) is 22.8 Å². The quantitative estimate of drug-likeness (QED) is 0.408. The molecule has 0 spiro atoms. The molecule has 0 fully saturated rings. The van der Waals surface area contributed by atoms with Crippen molar-refractivity contribution in [3.8, 4) is 28.4 Å². The van der Waals surface area contributed by atoms with E-state index >= 15 is 0 Å². The van der Waals surface area contributed by atoms with E-state index in [1.165, 1.54) is 28.4 Å². The predicted molar refractivity (Wildman–Crippen MR) is 128 cm³/mol. The average Bonchev–Trinajstić information content (AvgIpc) is 2.88. The van der Waals surface area contributed by atoms with E-state index in [2.05, 4.69) is 0 Å². The van der Waals surface area contributed by atoms with Gasteiger partial charge in [-0.05, 0) is 60.2 Å².